The van der Waals surface area contributed by atoms with Crippen LogP contribution < -0.4 is 20.5 Å². The summed E-state index contributed by atoms with van der Waals surface area (Å²) in [5.41, 5.74) is 8.46. The SMILES string of the molecule is Cc1ccc(C(=O)Nc2ccc3c(c2)OCCO3)c(N)c1. The van der Waals surface area contributed by atoms with E-state index in [1.807, 2.05) is 13.0 Å². The average Bonchev–Trinajstić information content (AvgIpc) is 2.47. The molecule has 1 amide bonds. The van der Waals surface area contributed by atoms with E-state index in [2.05, 4.69) is 5.32 Å². The van der Waals surface area contributed by atoms with Crippen LogP contribution in [-0.4, -0.2) is 19.1 Å². The lowest BCUT2D eigenvalue weighted by molar-refractivity contribution is 0.102. The smallest absolute Gasteiger partial charge is 0.257 e. The molecular weight excluding hydrogens is 268 g/mol. The first-order valence-corrected chi connectivity index (χ1v) is 6.70. The van der Waals surface area contributed by atoms with E-state index in [0.29, 0.717) is 41.7 Å². The number of nitrogens with one attached hydrogen (secondary N) is 1. The van der Waals surface area contributed by atoms with Crippen molar-refractivity contribution in [1.29, 1.82) is 0 Å². The summed E-state index contributed by atoms with van der Waals surface area (Å²) in [5.74, 6) is 1.08. The highest BCUT2D eigenvalue weighted by molar-refractivity contribution is 6.07. The molecule has 0 radical (unpaired) electrons. The molecule has 0 saturated carbocycles. The molecule has 0 aliphatic carbocycles. The number of hydrogen-bond acceptors (Lipinski definition) is 4. The number of ether oxygens (including phenoxy) is 2. The predicted molar refractivity (Wildman–Crippen MR) is 81.0 cm³/mol. The van der Waals surface area contributed by atoms with Crippen molar-refractivity contribution in [2.45, 2.75) is 6.92 Å². The Labute approximate surface area is 122 Å². The van der Waals surface area contributed by atoms with E-state index < -0.39 is 0 Å². The van der Waals surface area contributed by atoms with Crippen LogP contribution in [0.3, 0.4) is 0 Å². The van der Waals surface area contributed by atoms with Gasteiger partial charge in [-0.05, 0) is 36.8 Å². The van der Waals surface area contributed by atoms with Crippen molar-refractivity contribution in [2.75, 3.05) is 24.3 Å². The molecule has 21 heavy (non-hydrogen) atoms. The quantitative estimate of drug-likeness (QED) is 0.831. The van der Waals surface area contributed by atoms with Gasteiger partial charge in [-0.2, -0.15) is 0 Å². The number of carbonyl (C=O) groups is 1. The fraction of sp³-hybridized carbons (Fsp3) is 0.188. The molecule has 1 aliphatic heterocycles. The molecule has 1 aliphatic rings. The van der Waals surface area contributed by atoms with Gasteiger partial charge in [0.2, 0.25) is 0 Å². The van der Waals surface area contributed by atoms with Crippen LogP contribution in [0.1, 0.15) is 15.9 Å². The summed E-state index contributed by atoms with van der Waals surface area (Å²) in [6, 6.07) is 10.7. The van der Waals surface area contributed by atoms with E-state index in [4.69, 9.17) is 15.2 Å². The van der Waals surface area contributed by atoms with E-state index in [1.54, 1.807) is 30.3 Å². The number of nitrogens with two attached hydrogens (primary N) is 1. The van der Waals surface area contributed by atoms with Crippen molar-refractivity contribution < 1.29 is 14.3 Å². The second kappa shape index (κ2) is 5.36. The van der Waals surface area contributed by atoms with Gasteiger partial charge in [-0.3, -0.25) is 4.79 Å². The molecule has 3 rings (SSSR count). The third kappa shape index (κ3) is 2.76. The van der Waals surface area contributed by atoms with Gasteiger partial charge in [0.05, 0.1) is 5.56 Å². The van der Waals surface area contributed by atoms with E-state index in [9.17, 15) is 4.79 Å². The Bertz CT molecular complexity index is 698. The Kier molecular flexibility index (Phi) is 3.39. The molecule has 2 aromatic carbocycles. The first-order chi connectivity index (χ1) is 10.1. The average molecular weight is 284 g/mol. The predicted octanol–water partition coefficient (Wildman–Crippen LogP) is 2.60. The van der Waals surface area contributed by atoms with Crippen LogP contribution in [0.5, 0.6) is 11.5 Å². The molecule has 5 heteroatoms. The maximum Gasteiger partial charge on any atom is 0.257 e. The lowest BCUT2D eigenvalue weighted by Gasteiger charge is -2.19. The lowest BCUT2D eigenvalue weighted by Crippen LogP contribution is -2.17. The molecule has 0 fully saturated rings. The van der Waals surface area contributed by atoms with Crippen LogP contribution in [0.2, 0.25) is 0 Å². The Morgan fingerprint density at radius 2 is 1.86 bits per heavy atom. The van der Waals surface area contributed by atoms with Crippen molar-refractivity contribution in [3.63, 3.8) is 0 Å². The van der Waals surface area contributed by atoms with Gasteiger partial charge >= 0.3 is 0 Å². The van der Waals surface area contributed by atoms with Gasteiger partial charge in [-0.15, -0.1) is 0 Å². The van der Waals surface area contributed by atoms with Gasteiger partial charge in [0.25, 0.3) is 5.91 Å². The number of anilines is 2. The van der Waals surface area contributed by atoms with Gasteiger partial charge in [-0.1, -0.05) is 6.07 Å². The van der Waals surface area contributed by atoms with E-state index in [0.717, 1.165) is 5.56 Å². The molecule has 0 aromatic heterocycles. The number of fused-ring (bicyclic) bond motifs is 1. The van der Waals surface area contributed by atoms with Crippen molar-refractivity contribution in [3.8, 4) is 11.5 Å². The standard InChI is InChI=1S/C16H16N2O3/c1-10-2-4-12(13(17)8-10)16(19)18-11-3-5-14-15(9-11)21-7-6-20-14/h2-5,8-9H,6-7,17H2,1H3,(H,18,19). The highest BCUT2D eigenvalue weighted by Crippen LogP contribution is 2.32. The van der Waals surface area contributed by atoms with Gasteiger partial charge in [0, 0.05) is 17.4 Å². The first kappa shape index (κ1) is 13.3. The van der Waals surface area contributed by atoms with Crippen LogP contribution in [0.4, 0.5) is 11.4 Å². The summed E-state index contributed by atoms with van der Waals surface area (Å²) < 4.78 is 10.9. The van der Waals surface area contributed by atoms with Crippen molar-refractivity contribution in [3.05, 3.63) is 47.5 Å². The molecule has 0 unspecified atom stereocenters. The van der Waals surface area contributed by atoms with Crippen LogP contribution in [0, 0.1) is 6.92 Å². The molecule has 5 nitrogen and oxygen atoms in total. The normalized spacial score (nSPS) is 12.8. The molecule has 0 bridgehead atoms. The third-order valence-electron chi connectivity index (χ3n) is 3.25. The Morgan fingerprint density at radius 3 is 2.62 bits per heavy atom. The summed E-state index contributed by atoms with van der Waals surface area (Å²) in [5, 5.41) is 2.81. The number of aryl methyl sites for hydroxylation is 1. The Balaban J connectivity index is 1.81. The molecule has 3 N–H and O–H groups in total. The molecule has 108 valence electrons. The monoisotopic (exact) mass is 284 g/mol. The van der Waals surface area contributed by atoms with E-state index >= 15 is 0 Å². The molecule has 1 heterocycles. The first-order valence-electron chi connectivity index (χ1n) is 6.70. The number of carbonyl (C=O) groups excluding carboxylic acids is 1. The molecule has 2 aromatic rings. The third-order valence-corrected chi connectivity index (χ3v) is 3.25. The van der Waals surface area contributed by atoms with E-state index in [-0.39, 0.29) is 5.91 Å². The topological polar surface area (TPSA) is 73.6 Å². The molecule has 0 atom stereocenters. The number of amides is 1. The minimum Gasteiger partial charge on any atom is -0.486 e. The zero-order chi connectivity index (χ0) is 14.8. The maximum absolute atomic E-state index is 12.3. The highest BCUT2D eigenvalue weighted by atomic mass is 16.6. The minimum atomic E-state index is -0.246. The Morgan fingerprint density at radius 1 is 1.10 bits per heavy atom. The van der Waals surface area contributed by atoms with Crippen LogP contribution in [-0.2, 0) is 0 Å². The molecular formula is C16H16N2O3. The van der Waals surface area contributed by atoms with Crippen molar-refractivity contribution in [2.24, 2.45) is 0 Å². The maximum atomic E-state index is 12.3. The fourth-order valence-corrected chi connectivity index (χ4v) is 2.21. The summed E-state index contributed by atoms with van der Waals surface area (Å²) in [7, 11) is 0. The molecule has 0 spiro atoms. The fourth-order valence-electron chi connectivity index (χ4n) is 2.21. The van der Waals surface area contributed by atoms with Crippen LogP contribution in [0.15, 0.2) is 36.4 Å². The summed E-state index contributed by atoms with van der Waals surface area (Å²) >= 11 is 0. The highest BCUT2D eigenvalue weighted by Gasteiger charge is 2.14. The number of nitrogen functional groups attached to an aromatic ring is 1. The minimum absolute atomic E-state index is 0.246. The number of hydrogen-bond donors (Lipinski definition) is 2. The van der Waals surface area contributed by atoms with Gasteiger partial charge in [-0.25, -0.2) is 0 Å². The van der Waals surface area contributed by atoms with Crippen LogP contribution >= 0.6 is 0 Å². The Hall–Kier alpha value is -2.69. The largest absolute Gasteiger partial charge is 0.486 e. The van der Waals surface area contributed by atoms with Gasteiger partial charge in [0.1, 0.15) is 13.2 Å². The summed E-state index contributed by atoms with van der Waals surface area (Å²) in [6.45, 7) is 2.98. The second-order valence-corrected chi connectivity index (χ2v) is 4.90. The molecule has 0 saturated heterocycles. The van der Waals surface area contributed by atoms with E-state index in [1.165, 1.54) is 0 Å². The van der Waals surface area contributed by atoms with Gasteiger partial charge < -0.3 is 20.5 Å². The number of benzene rings is 2. The zero-order valence-corrected chi connectivity index (χ0v) is 11.7. The van der Waals surface area contributed by atoms with Crippen molar-refractivity contribution in [1.82, 2.24) is 0 Å². The van der Waals surface area contributed by atoms with Crippen molar-refractivity contribution >= 4 is 17.3 Å². The summed E-state index contributed by atoms with van der Waals surface area (Å²) in [6.07, 6.45) is 0. The lowest BCUT2D eigenvalue weighted by atomic mass is 10.1. The van der Waals surface area contributed by atoms with Gasteiger partial charge in [0.15, 0.2) is 11.5 Å². The van der Waals surface area contributed by atoms with Crippen LogP contribution in [0.25, 0.3) is 0 Å². The zero-order valence-electron chi connectivity index (χ0n) is 11.7. The second-order valence-electron chi connectivity index (χ2n) is 4.90. The summed E-state index contributed by atoms with van der Waals surface area (Å²) in [4.78, 5) is 12.3. The number of rotatable bonds is 2.